The highest BCUT2D eigenvalue weighted by atomic mass is 16.6. The third-order valence-electron chi connectivity index (χ3n) is 4.06. The molecule has 0 aliphatic heterocycles. The Morgan fingerprint density at radius 1 is 0.848 bits per heavy atom. The number of ether oxygens (including phenoxy) is 6. The highest BCUT2D eigenvalue weighted by molar-refractivity contribution is 5.93. The maximum Gasteiger partial charge on any atom is 0.428 e. The summed E-state index contributed by atoms with van der Waals surface area (Å²) in [5.41, 5.74) is 2.43. The van der Waals surface area contributed by atoms with Gasteiger partial charge in [0.2, 0.25) is 5.75 Å². The minimum atomic E-state index is -0.679. The van der Waals surface area contributed by atoms with Crippen LogP contribution in [0.25, 0.3) is 0 Å². The van der Waals surface area contributed by atoms with Crippen molar-refractivity contribution >= 4 is 18.3 Å². The van der Waals surface area contributed by atoms with Gasteiger partial charge in [0, 0.05) is 0 Å². The van der Waals surface area contributed by atoms with Crippen molar-refractivity contribution in [1.29, 1.82) is 0 Å². The van der Waals surface area contributed by atoms with E-state index in [1.165, 1.54) is 46.8 Å². The molecule has 0 heterocycles. The molecule has 0 aromatic heterocycles. The van der Waals surface area contributed by atoms with Crippen molar-refractivity contribution in [3.63, 3.8) is 0 Å². The van der Waals surface area contributed by atoms with Crippen LogP contribution in [-0.4, -0.2) is 52.3 Å². The number of rotatable bonds is 8. The summed E-state index contributed by atoms with van der Waals surface area (Å²) in [7, 11) is 5.81. The SMILES string of the molecule is COc1cc(/C=N/NC(=O)OC(C)(C)C)ccc1OC(=O)c1cc(OC)c(OC)c(OC)c1. The van der Waals surface area contributed by atoms with Gasteiger partial charge in [0.05, 0.1) is 40.2 Å². The maximum absolute atomic E-state index is 12.7. The molecule has 0 spiro atoms. The molecule has 0 aliphatic carbocycles. The molecule has 0 aliphatic rings. The van der Waals surface area contributed by atoms with Gasteiger partial charge < -0.3 is 28.4 Å². The second kappa shape index (κ2) is 11.1. The highest BCUT2D eigenvalue weighted by Gasteiger charge is 2.20. The number of nitrogens with zero attached hydrogens (tertiary/aromatic N) is 1. The van der Waals surface area contributed by atoms with Crippen LogP contribution in [0.1, 0.15) is 36.7 Å². The fraction of sp³-hybridized carbons (Fsp3) is 0.348. The quantitative estimate of drug-likeness (QED) is 0.274. The van der Waals surface area contributed by atoms with Crippen molar-refractivity contribution in [3.8, 4) is 28.7 Å². The van der Waals surface area contributed by atoms with E-state index in [1.54, 1.807) is 39.0 Å². The normalized spacial score (nSPS) is 11.0. The smallest absolute Gasteiger partial charge is 0.428 e. The number of carbonyl (C=O) groups excluding carboxylic acids is 2. The topological polar surface area (TPSA) is 114 Å². The van der Waals surface area contributed by atoms with E-state index in [1.807, 2.05) is 0 Å². The summed E-state index contributed by atoms with van der Waals surface area (Å²) in [6, 6.07) is 7.75. The first-order valence-corrected chi connectivity index (χ1v) is 9.84. The Labute approximate surface area is 192 Å². The predicted octanol–water partition coefficient (Wildman–Crippen LogP) is 3.80. The second-order valence-corrected chi connectivity index (χ2v) is 7.59. The van der Waals surface area contributed by atoms with Gasteiger partial charge in [-0.1, -0.05) is 0 Å². The van der Waals surface area contributed by atoms with Crippen molar-refractivity contribution < 1.29 is 38.0 Å². The number of hydrazone groups is 1. The number of hydrogen-bond donors (Lipinski definition) is 1. The lowest BCUT2D eigenvalue weighted by Gasteiger charge is -2.18. The molecule has 10 nitrogen and oxygen atoms in total. The van der Waals surface area contributed by atoms with Crippen molar-refractivity contribution in [2.75, 3.05) is 28.4 Å². The molecule has 0 saturated heterocycles. The van der Waals surface area contributed by atoms with Crippen LogP contribution in [0.4, 0.5) is 4.79 Å². The highest BCUT2D eigenvalue weighted by Crippen LogP contribution is 2.38. The number of methoxy groups -OCH3 is 4. The van der Waals surface area contributed by atoms with Crippen LogP contribution in [-0.2, 0) is 4.74 Å². The molecule has 2 aromatic rings. The lowest BCUT2D eigenvalue weighted by atomic mass is 10.1. The van der Waals surface area contributed by atoms with E-state index in [9.17, 15) is 9.59 Å². The number of amides is 1. The van der Waals surface area contributed by atoms with Crippen LogP contribution in [0.5, 0.6) is 28.7 Å². The van der Waals surface area contributed by atoms with Crippen LogP contribution in [0.3, 0.4) is 0 Å². The Morgan fingerprint density at radius 2 is 1.45 bits per heavy atom. The van der Waals surface area contributed by atoms with E-state index >= 15 is 0 Å². The molecule has 0 fully saturated rings. The molecule has 0 saturated carbocycles. The monoisotopic (exact) mass is 460 g/mol. The third kappa shape index (κ3) is 7.03. The van der Waals surface area contributed by atoms with Gasteiger partial charge in [-0.15, -0.1) is 0 Å². The fourth-order valence-corrected chi connectivity index (χ4v) is 2.67. The Bertz CT molecular complexity index is 1000. The van der Waals surface area contributed by atoms with Gasteiger partial charge in [0.25, 0.3) is 0 Å². The third-order valence-corrected chi connectivity index (χ3v) is 4.06. The Morgan fingerprint density at radius 3 is 1.97 bits per heavy atom. The maximum atomic E-state index is 12.7. The molecule has 1 N–H and O–H groups in total. The van der Waals surface area contributed by atoms with E-state index in [0.717, 1.165) is 0 Å². The van der Waals surface area contributed by atoms with Gasteiger partial charge in [-0.25, -0.2) is 15.0 Å². The van der Waals surface area contributed by atoms with Gasteiger partial charge in [-0.05, 0) is 56.7 Å². The van der Waals surface area contributed by atoms with E-state index in [0.29, 0.717) is 22.8 Å². The molecule has 2 rings (SSSR count). The molecule has 0 bridgehead atoms. The molecule has 178 valence electrons. The first-order valence-electron chi connectivity index (χ1n) is 9.84. The van der Waals surface area contributed by atoms with Crippen LogP contribution in [0.15, 0.2) is 35.4 Å². The summed E-state index contributed by atoms with van der Waals surface area (Å²) in [5, 5.41) is 3.84. The Kier molecular flexibility index (Phi) is 8.49. The minimum Gasteiger partial charge on any atom is -0.493 e. The van der Waals surface area contributed by atoms with E-state index in [-0.39, 0.29) is 17.1 Å². The number of nitrogens with one attached hydrogen (secondary N) is 1. The van der Waals surface area contributed by atoms with Crippen LogP contribution >= 0.6 is 0 Å². The molecule has 0 atom stereocenters. The fourth-order valence-electron chi connectivity index (χ4n) is 2.67. The predicted molar refractivity (Wildman–Crippen MR) is 121 cm³/mol. The number of esters is 1. The standard InChI is InChI=1S/C23H28N2O8/c1-23(2,3)33-22(27)25-24-13-14-8-9-16(17(10-14)28-4)32-21(26)15-11-18(29-5)20(31-7)19(12-15)30-6/h8-13H,1-7H3,(H,25,27)/b24-13+. The molecule has 0 radical (unpaired) electrons. The van der Waals surface area contributed by atoms with E-state index in [2.05, 4.69) is 10.5 Å². The summed E-state index contributed by atoms with van der Waals surface area (Å²) in [4.78, 5) is 24.4. The van der Waals surface area contributed by atoms with Gasteiger partial charge >= 0.3 is 12.1 Å². The summed E-state index contributed by atoms with van der Waals surface area (Å²) >= 11 is 0. The van der Waals surface area contributed by atoms with Gasteiger partial charge in [-0.3, -0.25) is 0 Å². The zero-order valence-corrected chi connectivity index (χ0v) is 19.7. The summed E-state index contributed by atoms with van der Waals surface area (Å²) in [5.74, 6) is 0.823. The number of carbonyl (C=O) groups is 2. The van der Waals surface area contributed by atoms with Crippen LogP contribution < -0.4 is 29.1 Å². The van der Waals surface area contributed by atoms with Gasteiger partial charge in [0.1, 0.15) is 5.60 Å². The summed E-state index contributed by atoms with van der Waals surface area (Å²) in [6.45, 7) is 5.25. The Hall–Kier alpha value is -3.95. The largest absolute Gasteiger partial charge is 0.493 e. The zero-order chi connectivity index (χ0) is 24.6. The first-order chi connectivity index (χ1) is 15.6. The molecule has 1 amide bonds. The molecular weight excluding hydrogens is 432 g/mol. The van der Waals surface area contributed by atoms with Gasteiger partial charge in [-0.2, -0.15) is 5.10 Å². The van der Waals surface area contributed by atoms with Crippen molar-refractivity contribution in [2.45, 2.75) is 26.4 Å². The minimum absolute atomic E-state index is 0.188. The van der Waals surface area contributed by atoms with Crippen molar-refractivity contribution in [2.24, 2.45) is 5.10 Å². The zero-order valence-electron chi connectivity index (χ0n) is 19.7. The molecule has 33 heavy (non-hydrogen) atoms. The van der Waals surface area contributed by atoms with Crippen LogP contribution in [0, 0.1) is 0 Å². The summed E-state index contributed by atoms with van der Waals surface area (Å²) in [6.07, 6.45) is 0.721. The second-order valence-electron chi connectivity index (χ2n) is 7.59. The first kappa shape index (κ1) is 25.3. The summed E-state index contributed by atoms with van der Waals surface area (Å²) < 4.78 is 31.7. The Balaban J connectivity index is 2.18. The lowest BCUT2D eigenvalue weighted by molar-refractivity contribution is 0.0529. The molecular formula is C23H28N2O8. The van der Waals surface area contributed by atoms with Crippen molar-refractivity contribution in [1.82, 2.24) is 5.43 Å². The van der Waals surface area contributed by atoms with E-state index in [4.69, 9.17) is 28.4 Å². The van der Waals surface area contributed by atoms with E-state index < -0.39 is 17.7 Å². The molecule has 0 unspecified atom stereocenters. The van der Waals surface area contributed by atoms with Crippen LogP contribution in [0.2, 0.25) is 0 Å². The number of benzene rings is 2. The average molecular weight is 460 g/mol. The lowest BCUT2D eigenvalue weighted by Crippen LogP contribution is -2.29. The van der Waals surface area contributed by atoms with Gasteiger partial charge in [0.15, 0.2) is 23.0 Å². The van der Waals surface area contributed by atoms with Crippen molar-refractivity contribution in [3.05, 3.63) is 41.5 Å². The number of hydrogen-bond acceptors (Lipinski definition) is 9. The average Bonchev–Trinajstić information content (AvgIpc) is 2.77. The molecule has 10 heteroatoms. The molecule has 2 aromatic carbocycles.